The van der Waals surface area contributed by atoms with Gasteiger partial charge >= 0.3 is 0 Å². The highest BCUT2D eigenvalue weighted by atomic mass is 35.5. The zero-order valence-corrected chi connectivity index (χ0v) is 44.0. The van der Waals surface area contributed by atoms with E-state index in [9.17, 15) is 24.3 Å². The molecule has 3 saturated heterocycles. The molecule has 408 valence electrons. The Labute approximate surface area is 448 Å². The summed E-state index contributed by atoms with van der Waals surface area (Å²) < 4.78 is 78.2. The Kier molecular flexibility index (Phi) is 14.4. The highest BCUT2D eigenvalue weighted by Crippen LogP contribution is 2.57. The molecule has 5 heterocycles. The summed E-state index contributed by atoms with van der Waals surface area (Å²) in [5.74, 6) is -6.57. The number of nitrogens with one attached hydrogen (secondary N) is 2. The van der Waals surface area contributed by atoms with Crippen LogP contribution in [0.15, 0.2) is 54.6 Å². The molecule has 5 N–H and O–H groups in total. The van der Waals surface area contributed by atoms with Gasteiger partial charge < -0.3 is 35.4 Å². The molecular weight excluding hydrogens is 1020 g/mol. The summed E-state index contributed by atoms with van der Waals surface area (Å²) in [6.07, 6.45) is 8.53. The van der Waals surface area contributed by atoms with E-state index in [1.165, 1.54) is 28.9 Å². The fourth-order valence-corrected chi connectivity index (χ4v) is 14.2. The number of hydrogen-bond acceptors (Lipinski definition) is 10. The van der Waals surface area contributed by atoms with Crippen LogP contribution in [0.3, 0.4) is 0 Å². The summed E-state index contributed by atoms with van der Waals surface area (Å²) in [6.45, 7) is 4.48. The van der Waals surface area contributed by atoms with Crippen molar-refractivity contribution in [1.82, 2.24) is 30.2 Å². The molecule has 0 radical (unpaired) electrons. The van der Waals surface area contributed by atoms with E-state index < -0.39 is 64.1 Å². The topological polar surface area (TPSA) is 181 Å². The van der Waals surface area contributed by atoms with Crippen molar-refractivity contribution in [3.05, 3.63) is 111 Å². The summed E-state index contributed by atoms with van der Waals surface area (Å²) in [4.78, 5) is 55.8. The van der Waals surface area contributed by atoms with Crippen molar-refractivity contribution in [1.29, 1.82) is 0 Å². The number of benzene rings is 4. The number of piperidine rings is 3. The molecule has 2 saturated carbocycles. The van der Waals surface area contributed by atoms with E-state index in [4.69, 9.17) is 26.8 Å². The average Bonchev–Trinajstić information content (AvgIpc) is 4.01. The lowest BCUT2D eigenvalue weighted by Gasteiger charge is -2.56. The van der Waals surface area contributed by atoms with E-state index in [1.807, 2.05) is 37.3 Å². The molecule has 1 aromatic heterocycles. The second-order valence-corrected chi connectivity index (χ2v) is 22.8. The normalized spacial score (nSPS) is 24.9. The van der Waals surface area contributed by atoms with Gasteiger partial charge in [-0.2, -0.15) is 5.10 Å². The van der Waals surface area contributed by atoms with E-state index >= 15 is 17.6 Å². The number of aromatic nitrogens is 2. The second kappa shape index (κ2) is 20.9. The number of primary amides is 1. The SMILES string of the molecule is CC1c2c(cc(F)c(Cl)c2-c2c(C(N)=O)ccc(OCCO)c2F)OC1(CNC1CCC(C(=O)N2CCC3(CC2)CC(N2CCC(c4c(F)cc5c(C6CCC(=O)NC6=O)nn(C)c5c4F)CC2)C3)CC1)c1ccccc1. The number of nitrogens with two attached hydrogens (primary N) is 1. The maximum atomic E-state index is 16.5. The number of imide groups is 1. The number of likely N-dealkylation sites (tertiary alicyclic amines) is 2. The minimum atomic E-state index is -1.12. The van der Waals surface area contributed by atoms with Crippen molar-refractivity contribution in [2.24, 2.45) is 24.1 Å². The number of halogens is 5. The Morgan fingerprint density at radius 2 is 1.62 bits per heavy atom. The Morgan fingerprint density at radius 3 is 2.30 bits per heavy atom. The quantitative estimate of drug-likeness (QED) is 0.0659. The van der Waals surface area contributed by atoms with Gasteiger partial charge in [0.05, 0.1) is 28.8 Å². The van der Waals surface area contributed by atoms with Crippen molar-refractivity contribution < 1.29 is 51.3 Å². The van der Waals surface area contributed by atoms with Gasteiger partial charge in [0, 0.05) is 90.7 Å². The van der Waals surface area contributed by atoms with Gasteiger partial charge in [-0.25, -0.2) is 17.6 Å². The monoisotopic (exact) mass is 1080 g/mol. The zero-order valence-electron chi connectivity index (χ0n) is 43.2. The highest BCUT2D eigenvalue weighted by Gasteiger charge is 2.52. The number of ether oxygens (including phenoxy) is 2. The molecule has 77 heavy (non-hydrogen) atoms. The van der Waals surface area contributed by atoms with Gasteiger partial charge in [-0.3, -0.25) is 29.2 Å². The molecule has 14 nitrogen and oxygen atoms in total. The molecule has 0 bridgehead atoms. The summed E-state index contributed by atoms with van der Waals surface area (Å²) in [5.41, 5.74) is 5.93. The fourth-order valence-electron chi connectivity index (χ4n) is 13.9. The first-order valence-corrected chi connectivity index (χ1v) is 27.5. The molecule has 11 rings (SSSR count). The lowest BCUT2D eigenvalue weighted by atomic mass is 9.59. The van der Waals surface area contributed by atoms with E-state index in [0.29, 0.717) is 37.3 Å². The highest BCUT2D eigenvalue weighted by molar-refractivity contribution is 6.34. The van der Waals surface area contributed by atoms with E-state index in [-0.39, 0.29) is 111 Å². The molecule has 2 aliphatic carbocycles. The summed E-state index contributed by atoms with van der Waals surface area (Å²) >= 11 is 6.73. The maximum absolute atomic E-state index is 16.5. The summed E-state index contributed by atoms with van der Waals surface area (Å²) in [6, 6.07) is 15.0. The lowest BCUT2D eigenvalue weighted by Crippen LogP contribution is -2.57. The van der Waals surface area contributed by atoms with Gasteiger partial charge in [-0.15, -0.1) is 0 Å². The molecule has 5 fully saturated rings. The number of fused-ring (bicyclic) bond motifs is 2. The molecule has 1 spiro atoms. The van der Waals surface area contributed by atoms with Crippen molar-refractivity contribution in [2.45, 2.75) is 119 Å². The first-order valence-electron chi connectivity index (χ1n) is 27.1. The van der Waals surface area contributed by atoms with Gasteiger partial charge in [0.1, 0.15) is 29.5 Å². The second-order valence-electron chi connectivity index (χ2n) is 22.4. The van der Waals surface area contributed by atoms with Gasteiger partial charge in [0.2, 0.25) is 23.6 Å². The molecule has 4 amide bonds. The number of rotatable bonds is 13. The molecule has 4 aromatic carbocycles. The van der Waals surface area contributed by atoms with Crippen LogP contribution in [0.1, 0.15) is 134 Å². The molecule has 19 heteroatoms. The van der Waals surface area contributed by atoms with E-state index in [1.54, 1.807) is 7.05 Å². The Balaban J connectivity index is 0.688. The Hall–Kier alpha value is -6.08. The number of aliphatic hydroxyl groups is 1. The predicted octanol–water partition coefficient (Wildman–Crippen LogP) is 8.63. The van der Waals surface area contributed by atoms with Crippen LogP contribution in [-0.2, 0) is 27.0 Å². The van der Waals surface area contributed by atoms with E-state index in [0.717, 1.165) is 70.3 Å². The van der Waals surface area contributed by atoms with Gasteiger partial charge in [0.15, 0.2) is 23.0 Å². The molecule has 3 atom stereocenters. The maximum Gasteiger partial charge on any atom is 0.249 e. The minimum Gasteiger partial charge on any atom is -0.488 e. The Morgan fingerprint density at radius 1 is 0.909 bits per heavy atom. The van der Waals surface area contributed by atoms with Gasteiger partial charge in [-0.05, 0) is 119 Å². The van der Waals surface area contributed by atoms with Gasteiger partial charge in [-0.1, -0.05) is 48.9 Å². The van der Waals surface area contributed by atoms with Crippen LogP contribution in [0.4, 0.5) is 17.6 Å². The first kappa shape index (κ1) is 52.9. The smallest absolute Gasteiger partial charge is 0.249 e. The minimum absolute atomic E-state index is 0.0441. The van der Waals surface area contributed by atoms with Crippen LogP contribution in [0.5, 0.6) is 11.5 Å². The molecule has 5 aromatic rings. The number of aliphatic hydroxyl groups excluding tert-OH is 1. The van der Waals surface area contributed by atoms with Crippen molar-refractivity contribution in [3.8, 4) is 22.6 Å². The number of hydrogen-bond donors (Lipinski definition) is 4. The summed E-state index contributed by atoms with van der Waals surface area (Å²) in [7, 11) is 1.59. The molecular formula is C58H64ClF4N7O7. The zero-order chi connectivity index (χ0) is 54.1. The summed E-state index contributed by atoms with van der Waals surface area (Å²) in [5, 5.41) is 19.7. The van der Waals surface area contributed by atoms with Gasteiger partial charge in [0.25, 0.3) is 0 Å². The predicted molar refractivity (Wildman–Crippen MR) is 279 cm³/mol. The van der Waals surface area contributed by atoms with Crippen molar-refractivity contribution >= 4 is 46.1 Å². The number of carbonyl (C=O) groups is 4. The third-order valence-corrected chi connectivity index (χ3v) is 18.6. The van der Waals surface area contributed by atoms with Crippen LogP contribution >= 0.6 is 11.6 Å². The third-order valence-electron chi connectivity index (χ3n) is 18.2. The van der Waals surface area contributed by atoms with E-state index in [2.05, 4.69) is 25.5 Å². The van der Waals surface area contributed by atoms with Crippen molar-refractivity contribution in [3.63, 3.8) is 0 Å². The molecule has 3 unspecified atom stereocenters. The molecule has 4 aliphatic heterocycles. The standard InChI is InChI=1S/C58H64ClF4N7O7/c1-31-45-43(27-41(61)49(59)48(45)47-37(54(64)73)12-14-42(50(47)62)76-25-24-71)77-58(31,34-6-4-3-5-7-34)30-65-35-10-8-33(9-11-35)56(75)70-22-18-57(19-23-70)28-36(29-57)69-20-16-32(17-21-69)46-40(60)26-39-52(67-68(2)53(39)51(46)63)38-13-15-44(72)66-55(38)74/h3-7,12,14,26-27,31-33,35-36,38,65,71H,8-11,13,15-25,28-30H2,1-2H3,(H2,64,73)(H,66,72,74). The average molecular weight is 1080 g/mol. The number of amides is 4. The van der Waals surface area contributed by atoms with Crippen LogP contribution in [0.2, 0.25) is 5.02 Å². The first-order chi connectivity index (χ1) is 37.0. The van der Waals surface area contributed by atoms with Crippen LogP contribution in [-0.4, -0.2) is 106 Å². The van der Waals surface area contributed by atoms with Crippen LogP contribution < -0.4 is 25.8 Å². The number of aryl methyl sites for hydroxylation is 1. The number of nitrogens with zero attached hydrogens (tertiary/aromatic N) is 4. The Bertz CT molecular complexity index is 3150. The number of carbonyl (C=O) groups excluding carboxylic acids is 4. The lowest BCUT2D eigenvalue weighted by molar-refractivity contribution is -0.141. The van der Waals surface area contributed by atoms with Crippen LogP contribution in [0.25, 0.3) is 22.0 Å². The molecule has 6 aliphatic rings. The largest absolute Gasteiger partial charge is 0.488 e. The van der Waals surface area contributed by atoms with Crippen LogP contribution in [0, 0.1) is 34.6 Å². The van der Waals surface area contributed by atoms with Crippen molar-refractivity contribution in [2.75, 3.05) is 45.9 Å². The fraction of sp³-hybridized carbons (Fsp3) is 0.500. The third kappa shape index (κ3) is 9.43.